The zero-order valence-corrected chi connectivity index (χ0v) is 13.5. The maximum Gasteiger partial charge on any atom is 0.241 e. The lowest BCUT2D eigenvalue weighted by molar-refractivity contribution is 0.0876. The van der Waals surface area contributed by atoms with Gasteiger partial charge in [0.15, 0.2) is 5.16 Å². The molecular formula is C18H16N2O2S. The average Bonchev–Trinajstić information content (AvgIpc) is 2.96. The van der Waals surface area contributed by atoms with E-state index in [2.05, 4.69) is 4.98 Å². The third-order valence-corrected chi connectivity index (χ3v) is 5.05. The third-order valence-electron chi connectivity index (χ3n) is 4.02. The summed E-state index contributed by atoms with van der Waals surface area (Å²) in [6.45, 7) is 2.60. The molecule has 0 fully saturated rings. The summed E-state index contributed by atoms with van der Waals surface area (Å²) < 4.78 is 7.23. The van der Waals surface area contributed by atoms with E-state index in [0.717, 1.165) is 33.3 Å². The number of fused-ring (bicyclic) bond motifs is 3. The molecular weight excluding hydrogens is 308 g/mol. The first kappa shape index (κ1) is 14.3. The topological polar surface area (TPSA) is 44.1 Å². The Morgan fingerprint density at radius 2 is 2.00 bits per heavy atom. The van der Waals surface area contributed by atoms with Gasteiger partial charge in [0, 0.05) is 5.75 Å². The Kier molecular flexibility index (Phi) is 3.58. The molecule has 1 aliphatic rings. The number of hydrogen-bond donors (Lipinski definition) is 0. The monoisotopic (exact) mass is 324 g/mol. The van der Waals surface area contributed by atoms with Crippen molar-refractivity contribution >= 4 is 28.7 Å². The lowest BCUT2D eigenvalue weighted by Gasteiger charge is -2.22. The molecule has 1 unspecified atom stereocenters. The minimum Gasteiger partial charge on any atom is -0.494 e. The molecule has 0 spiro atoms. The van der Waals surface area contributed by atoms with Crippen LogP contribution in [0.1, 0.15) is 23.2 Å². The normalized spacial score (nSPS) is 17.3. The van der Waals surface area contributed by atoms with E-state index in [1.165, 1.54) is 0 Å². The van der Waals surface area contributed by atoms with Crippen molar-refractivity contribution in [1.29, 1.82) is 0 Å². The summed E-state index contributed by atoms with van der Waals surface area (Å²) in [5.41, 5.74) is 2.78. The van der Waals surface area contributed by atoms with Gasteiger partial charge in [0.05, 0.1) is 23.6 Å². The fourth-order valence-electron chi connectivity index (χ4n) is 2.90. The summed E-state index contributed by atoms with van der Waals surface area (Å²) in [5, 5.41) is 0.790. The van der Waals surface area contributed by atoms with Crippen LogP contribution < -0.4 is 4.74 Å². The van der Waals surface area contributed by atoms with Gasteiger partial charge in [-0.3, -0.25) is 9.36 Å². The highest BCUT2D eigenvalue weighted by Gasteiger charge is 2.31. The molecule has 116 valence electrons. The highest BCUT2D eigenvalue weighted by Crippen LogP contribution is 2.36. The van der Waals surface area contributed by atoms with Crippen molar-refractivity contribution in [2.24, 2.45) is 0 Å². The molecule has 2 aromatic carbocycles. The zero-order chi connectivity index (χ0) is 15.8. The minimum atomic E-state index is -0.152. The van der Waals surface area contributed by atoms with Crippen LogP contribution in [0.4, 0.5) is 0 Å². The van der Waals surface area contributed by atoms with Crippen molar-refractivity contribution in [1.82, 2.24) is 9.55 Å². The largest absolute Gasteiger partial charge is 0.494 e. The van der Waals surface area contributed by atoms with E-state index >= 15 is 0 Å². The van der Waals surface area contributed by atoms with Crippen LogP contribution in [-0.4, -0.2) is 27.8 Å². The Bertz CT molecular complexity index is 870. The second-order valence-corrected chi connectivity index (χ2v) is 6.41. The van der Waals surface area contributed by atoms with Crippen LogP contribution >= 0.6 is 11.8 Å². The van der Waals surface area contributed by atoms with Gasteiger partial charge in [-0.05, 0) is 36.8 Å². The molecule has 0 radical (unpaired) electrons. The number of benzene rings is 2. The lowest BCUT2D eigenvalue weighted by Crippen LogP contribution is -2.26. The molecule has 0 bridgehead atoms. The predicted octanol–water partition coefficient (Wildman–Crippen LogP) is 3.96. The average molecular weight is 324 g/mol. The highest BCUT2D eigenvalue weighted by molar-refractivity contribution is 7.99. The first-order chi connectivity index (χ1) is 11.3. The number of para-hydroxylation sites is 2. The smallest absolute Gasteiger partial charge is 0.241 e. The van der Waals surface area contributed by atoms with E-state index in [4.69, 9.17) is 4.74 Å². The summed E-state index contributed by atoms with van der Waals surface area (Å²) >= 11 is 1.64. The van der Waals surface area contributed by atoms with Gasteiger partial charge in [0.1, 0.15) is 5.75 Å². The molecule has 4 rings (SSSR count). The molecule has 5 heteroatoms. The number of carbonyl (C=O) groups excluding carboxylic acids is 1. The number of rotatable bonds is 3. The van der Waals surface area contributed by atoms with E-state index in [9.17, 15) is 4.79 Å². The van der Waals surface area contributed by atoms with Crippen molar-refractivity contribution in [2.75, 3.05) is 12.4 Å². The van der Waals surface area contributed by atoms with E-state index in [-0.39, 0.29) is 11.8 Å². The predicted molar refractivity (Wildman–Crippen MR) is 91.4 cm³/mol. The standard InChI is InChI=1S/C18H16N2O2S/c1-2-22-13-9-7-12(8-10-13)14-11-23-18-19-15-5-3-4-6-16(15)20(18)17(14)21/h3-10,14H,2,11H2,1H3. The number of aromatic nitrogens is 2. The summed E-state index contributed by atoms with van der Waals surface area (Å²) in [5.74, 6) is 1.49. The van der Waals surface area contributed by atoms with E-state index < -0.39 is 0 Å². The van der Waals surface area contributed by atoms with Crippen LogP contribution in [0.25, 0.3) is 11.0 Å². The van der Waals surface area contributed by atoms with Crippen LogP contribution in [0, 0.1) is 0 Å². The number of nitrogens with zero attached hydrogens (tertiary/aromatic N) is 2. The van der Waals surface area contributed by atoms with E-state index in [1.807, 2.05) is 55.5 Å². The van der Waals surface area contributed by atoms with Gasteiger partial charge in [-0.15, -0.1) is 0 Å². The Morgan fingerprint density at radius 1 is 1.22 bits per heavy atom. The van der Waals surface area contributed by atoms with E-state index in [0.29, 0.717) is 6.61 Å². The molecule has 23 heavy (non-hydrogen) atoms. The quantitative estimate of drug-likeness (QED) is 0.731. The Morgan fingerprint density at radius 3 is 2.78 bits per heavy atom. The number of carbonyl (C=O) groups is 1. The van der Waals surface area contributed by atoms with Gasteiger partial charge in [-0.1, -0.05) is 36.0 Å². The van der Waals surface area contributed by atoms with E-state index in [1.54, 1.807) is 16.3 Å². The van der Waals surface area contributed by atoms with Crippen LogP contribution in [0.3, 0.4) is 0 Å². The molecule has 0 saturated heterocycles. The van der Waals surface area contributed by atoms with Gasteiger partial charge in [0.2, 0.25) is 5.91 Å². The fourth-order valence-corrected chi connectivity index (χ4v) is 4.03. The van der Waals surface area contributed by atoms with Crippen LogP contribution in [0.2, 0.25) is 0 Å². The fraction of sp³-hybridized carbons (Fsp3) is 0.222. The SMILES string of the molecule is CCOc1ccc(C2CSc3nc4ccccc4n3C2=O)cc1. The molecule has 0 aliphatic carbocycles. The summed E-state index contributed by atoms with van der Waals surface area (Å²) in [4.78, 5) is 17.5. The van der Waals surface area contributed by atoms with Crippen molar-refractivity contribution < 1.29 is 9.53 Å². The third kappa shape index (κ3) is 2.41. The van der Waals surface area contributed by atoms with Crippen LogP contribution in [0.15, 0.2) is 53.7 Å². The molecule has 1 aliphatic heterocycles. The molecule has 1 aromatic heterocycles. The Hall–Kier alpha value is -2.27. The summed E-state index contributed by atoms with van der Waals surface area (Å²) in [6, 6.07) is 15.6. The van der Waals surface area contributed by atoms with Crippen molar-refractivity contribution in [3.8, 4) is 5.75 Å². The lowest BCUT2D eigenvalue weighted by atomic mass is 9.99. The first-order valence-corrected chi connectivity index (χ1v) is 8.63. The van der Waals surface area contributed by atoms with Gasteiger partial charge < -0.3 is 4.74 Å². The minimum absolute atomic E-state index is 0.0941. The second kappa shape index (κ2) is 5.74. The van der Waals surface area contributed by atoms with Gasteiger partial charge in [-0.25, -0.2) is 4.98 Å². The molecule has 3 aromatic rings. The first-order valence-electron chi connectivity index (χ1n) is 7.65. The van der Waals surface area contributed by atoms with Crippen LogP contribution in [0.5, 0.6) is 5.75 Å². The number of hydrogen-bond acceptors (Lipinski definition) is 4. The van der Waals surface area contributed by atoms with Crippen molar-refractivity contribution in [3.05, 3.63) is 54.1 Å². The zero-order valence-electron chi connectivity index (χ0n) is 12.7. The Labute approximate surface area is 138 Å². The molecule has 0 saturated carbocycles. The second-order valence-electron chi connectivity index (χ2n) is 5.42. The highest BCUT2D eigenvalue weighted by atomic mass is 32.2. The molecule has 2 heterocycles. The molecule has 1 atom stereocenters. The van der Waals surface area contributed by atoms with Crippen LogP contribution in [-0.2, 0) is 0 Å². The molecule has 0 amide bonds. The summed E-state index contributed by atoms with van der Waals surface area (Å²) in [7, 11) is 0. The summed E-state index contributed by atoms with van der Waals surface area (Å²) in [6.07, 6.45) is 0. The molecule has 4 nitrogen and oxygen atoms in total. The number of imidazole rings is 1. The maximum atomic E-state index is 13.0. The number of ether oxygens (including phenoxy) is 1. The Balaban J connectivity index is 1.71. The van der Waals surface area contributed by atoms with Crippen molar-refractivity contribution in [3.63, 3.8) is 0 Å². The van der Waals surface area contributed by atoms with Gasteiger partial charge in [0.25, 0.3) is 0 Å². The molecule has 0 N–H and O–H groups in total. The maximum absolute atomic E-state index is 13.0. The van der Waals surface area contributed by atoms with Gasteiger partial charge >= 0.3 is 0 Å². The van der Waals surface area contributed by atoms with Gasteiger partial charge in [-0.2, -0.15) is 0 Å². The van der Waals surface area contributed by atoms with Crippen molar-refractivity contribution in [2.45, 2.75) is 18.0 Å². The number of thioether (sulfide) groups is 1.